The van der Waals surface area contributed by atoms with Crippen LogP contribution in [0.5, 0.6) is 0 Å². The minimum absolute atomic E-state index is 0.422. The second kappa shape index (κ2) is 17.3. The van der Waals surface area contributed by atoms with E-state index in [-0.39, 0.29) is 0 Å². The lowest BCUT2D eigenvalue weighted by Crippen LogP contribution is -1.92. The lowest BCUT2D eigenvalue weighted by Gasteiger charge is -2.11. The van der Waals surface area contributed by atoms with Gasteiger partial charge in [-0.05, 0) is 24.2 Å². The molecule has 0 aliphatic carbocycles. The molecular weight excluding hydrogens is 327 g/mol. The van der Waals surface area contributed by atoms with Gasteiger partial charge < -0.3 is 9.42 Å². The van der Waals surface area contributed by atoms with Gasteiger partial charge in [-0.15, -0.1) is 0 Å². The monoisotopic (exact) mass is 366 g/mol. The summed E-state index contributed by atoms with van der Waals surface area (Å²) in [4.78, 5) is 9.76. The topological polar surface area (TPSA) is 46.5 Å². The van der Waals surface area contributed by atoms with Crippen molar-refractivity contribution in [1.29, 1.82) is 0 Å². The Hall–Kier alpha value is 0.500. The minimum Gasteiger partial charge on any atom is -0.316 e. The van der Waals surface area contributed by atoms with Gasteiger partial charge in [0.2, 0.25) is 0 Å². The molecule has 3 nitrogen and oxygen atoms in total. The van der Waals surface area contributed by atoms with Crippen LogP contribution in [-0.4, -0.2) is 17.3 Å². The van der Waals surface area contributed by atoms with Gasteiger partial charge in [0.1, 0.15) is 0 Å². The van der Waals surface area contributed by atoms with E-state index in [2.05, 4.69) is 13.8 Å². The molecular formula is C18H39O3PS. The summed E-state index contributed by atoms with van der Waals surface area (Å²) in [6.45, 7) is 1.46. The van der Waals surface area contributed by atoms with E-state index in [1.54, 1.807) is 0 Å². The van der Waals surface area contributed by atoms with Crippen LogP contribution >= 0.6 is 18.2 Å². The standard InChI is InChI=1S/C18H39O3PS/c1-3-5-7-9-11-13-15-17-21-22(19,20)23-18-16-14-12-10-8-6-4-2/h3-18H2,1-2H3,(H,19,20). The molecule has 0 aromatic heterocycles. The van der Waals surface area contributed by atoms with Crippen LogP contribution < -0.4 is 0 Å². The van der Waals surface area contributed by atoms with Crippen molar-refractivity contribution in [1.82, 2.24) is 0 Å². The third-order valence-corrected chi connectivity index (χ3v) is 7.15. The molecule has 0 radical (unpaired) electrons. The molecule has 0 bridgehead atoms. The van der Waals surface area contributed by atoms with Crippen LogP contribution in [0.2, 0.25) is 0 Å². The highest BCUT2D eigenvalue weighted by atomic mass is 32.7. The predicted molar refractivity (Wildman–Crippen MR) is 104 cm³/mol. The van der Waals surface area contributed by atoms with E-state index in [4.69, 9.17) is 4.52 Å². The fourth-order valence-corrected chi connectivity index (χ4v) is 5.04. The van der Waals surface area contributed by atoms with Crippen LogP contribution in [0.1, 0.15) is 104 Å². The van der Waals surface area contributed by atoms with Crippen LogP contribution in [0.4, 0.5) is 0 Å². The average molecular weight is 367 g/mol. The van der Waals surface area contributed by atoms with Gasteiger partial charge in [0.05, 0.1) is 6.61 Å². The van der Waals surface area contributed by atoms with Gasteiger partial charge in [0, 0.05) is 5.75 Å². The highest BCUT2D eigenvalue weighted by molar-refractivity contribution is 8.54. The number of rotatable bonds is 18. The zero-order chi connectivity index (χ0) is 17.2. The molecule has 5 heteroatoms. The third-order valence-electron chi connectivity index (χ3n) is 4.00. The third kappa shape index (κ3) is 18.7. The van der Waals surface area contributed by atoms with Crippen LogP contribution in [0, 0.1) is 0 Å². The molecule has 0 fully saturated rings. The van der Waals surface area contributed by atoms with Crippen molar-refractivity contribution in [2.45, 2.75) is 104 Å². The fourth-order valence-electron chi connectivity index (χ4n) is 2.52. The van der Waals surface area contributed by atoms with E-state index >= 15 is 0 Å². The maximum atomic E-state index is 11.9. The van der Waals surface area contributed by atoms with E-state index in [1.807, 2.05) is 0 Å². The Balaban J connectivity index is 3.35. The molecule has 0 rings (SSSR count). The molecule has 1 unspecified atom stereocenters. The molecule has 0 aliphatic heterocycles. The summed E-state index contributed by atoms with van der Waals surface area (Å²) in [6, 6.07) is 0. The van der Waals surface area contributed by atoms with Crippen LogP contribution in [0.15, 0.2) is 0 Å². The Morgan fingerprint density at radius 2 is 1.17 bits per heavy atom. The van der Waals surface area contributed by atoms with Gasteiger partial charge in [-0.1, -0.05) is 90.9 Å². The normalized spacial score (nSPS) is 14.0. The van der Waals surface area contributed by atoms with Crippen molar-refractivity contribution in [3.8, 4) is 0 Å². The Bertz CT molecular complexity index is 263. The SMILES string of the molecule is CCCCCCCCCOP(=O)(O)SCCCCCCCCC. The van der Waals surface area contributed by atoms with E-state index in [0.29, 0.717) is 6.61 Å². The second-order valence-corrected chi connectivity index (χ2v) is 10.4. The summed E-state index contributed by atoms with van der Waals surface area (Å²) in [6.07, 6.45) is 17.0. The number of unbranched alkanes of at least 4 members (excludes halogenated alkanes) is 12. The van der Waals surface area contributed by atoms with Gasteiger partial charge in [0.25, 0.3) is 0 Å². The summed E-state index contributed by atoms with van der Waals surface area (Å²) >= 11 is 1.11. The zero-order valence-corrected chi connectivity index (χ0v) is 17.1. The maximum Gasteiger partial charge on any atom is 0.386 e. The van der Waals surface area contributed by atoms with Crippen LogP contribution in [0.25, 0.3) is 0 Å². The van der Waals surface area contributed by atoms with E-state index < -0.39 is 6.80 Å². The van der Waals surface area contributed by atoms with E-state index in [0.717, 1.165) is 42.8 Å². The van der Waals surface area contributed by atoms with E-state index in [1.165, 1.54) is 64.2 Å². The second-order valence-electron chi connectivity index (χ2n) is 6.38. The van der Waals surface area contributed by atoms with Crippen molar-refractivity contribution in [3.63, 3.8) is 0 Å². The molecule has 1 N–H and O–H groups in total. The van der Waals surface area contributed by atoms with Crippen LogP contribution in [0.3, 0.4) is 0 Å². The minimum atomic E-state index is -3.41. The summed E-state index contributed by atoms with van der Waals surface area (Å²) in [5.74, 6) is 0.735. The van der Waals surface area contributed by atoms with Crippen LogP contribution in [-0.2, 0) is 9.09 Å². The molecule has 1 atom stereocenters. The van der Waals surface area contributed by atoms with Gasteiger partial charge in [-0.25, -0.2) is 4.57 Å². The molecule has 0 amide bonds. The summed E-state index contributed by atoms with van der Waals surface area (Å²) in [5.41, 5.74) is 0. The number of hydrogen-bond donors (Lipinski definition) is 1. The van der Waals surface area contributed by atoms with Gasteiger partial charge in [-0.3, -0.25) is 0 Å². The first-order valence-corrected chi connectivity index (χ1v) is 12.9. The zero-order valence-electron chi connectivity index (χ0n) is 15.4. The van der Waals surface area contributed by atoms with Gasteiger partial charge in [-0.2, -0.15) is 0 Å². The Morgan fingerprint density at radius 1 is 0.739 bits per heavy atom. The first kappa shape index (κ1) is 23.5. The molecule has 0 saturated heterocycles. The van der Waals surface area contributed by atoms with E-state index in [9.17, 15) is 9.46 Å². The van der Waals surface area contributed by atoms with Gasteiger partial charge in [0.15, 0.2) is 0 Å². The van der Waals surface area contributed by atoms with Crippen molar-refractivity contribution in [2.24, 2.45) is 0 Å². The van der Waals surface area contributed by atoms with Crippen molar-refractivity contribution >= 4 is 18.2 Å². The molecule has 0 spiro atoms. The Labute approximate surface area is 148 Å². The quantitative estimate of drug-likeness (QED) is 0.204. The van der Waals surface area contributed by atoms with Crippen molar-refractivity contribution in [3.05, 3.63) is 0 Å². The largest absolute Gasteiger partial charge is 0.386 e. The van der Waals surface area contributed by atoms with Crippen molar-refractivity contribution < 1.29 is 14.0 Å². The average Bonchev–Trinajstić information content (AvgIpc) is 2.52. The molecule has 0 aromatic rings. The highest BCUT2D eigenvalue weighted by Crippen LogP contribution is 2.55. The molecule has 0 heterocycles. The molecule has 0 aliphatic rings. The van der Waals surface area contributed by atoms with Crippen molar-refractivity contribution in [2.75, 3.05) is 12.4 Å². The molecule has 0 saturated carbocycles. The lowest BCUT2D eigenvalue weighted by atomic mass is 10.1. The Kier molecular flexibility index (Phi) is 17.7. The summed E-state index contributed by atoms with van der Waals surface area (Å²) in [7, 11) is 0. The smallest absolute Gasteiger partial charge is 0.316 e. The first-order valence-electron chi connectivity index (χ1n) is 9.74. The number of hydrogen-bond acceptors (Lipinski definition) is 3. The lowest BCUT2D eigenvalue weighted by molar-refractivity contribution is 0.268. The summed E-state index contributed by atoms with van der Waals surface area (Å²) in [5, 5.41) is 0. The maximum absolute atomic E-state index is 11.9. The molecule has 23 heavy (non-hydrogen) atoms. The molecule has 0 aromatic carbocycles. The Morgan fingerprint density at radius 3 is 1.70 bits per heavy atom. The summed E-state index contributed by atoms with van der Waals surface area (Å²) < 4.78 is 17.0. The first-order chi connectivity index (χ1) is 11.1. The molecule has 140 valence electrons. The van der Waals surface area contributed by atoms with Gasteiger partial charge >= 0.3 is 6.80 Å². The predicted octanol–water partition coefficient (Wildman–Crippen LogP) is 7.34. The fraction of sp³-hybridized carbons (Fsp3) is 1.00. The highest BCUT2D eigenvalue weighted by Gasteiger charge is 2.19.